The van der Waals surface area contributed by atoms with E-state index in [-0.39, 0.29) is 38.6 Å². The second-order valence-corrected chi connectivity index (χ2v) is 24.1. The number of ether oxygens (including phenoxy) is 5. The number of para-hydroxylation sites is 1. The molecule has 0 unspecified atom stereocenters. The number of benzene rings is 6. The minimum atomic E-state index is -0.00569. The molecule has 0 radical (unpaired) electrons. The SMILES string of the molecule is CC(C)(C)c1ccc(O)cc1.CC(C)(C)c1ccc2c(c1)OCO2.CC(C)(C)c1ccccc1.CC(C)(C)c1ccccc1O.COc1cc(C(C)(C)C)cc(OC)c1O.COc1cc(C(C)(C)C)ccc1O. The summed E-state index contributed by atoms with van der Waals surface area (Å²) in [5.74, 6) is 4.10. The van der Waals surface area contributed by atoms with Crippen molar-refractivity contribution < 1.29 is 44.1 Å². The van der Waals surface area contributed by atoms with E-state index >= 15 is 0 Å². The van der Waals surface area contributed by atoms with Gasteiger partial charge in [0.1, 0.15) is 11.5 Å². The smallest absolute Gasteiger partial charge is 0.231 e. The summed E-state index contributed by atoms with van der Waals surface area (Å²) in [6, 6.07) is 40.6. The molecule has 1 aliphatic heterocycles. The van der Waals surface area contributed by atoms with Crippen LogP contribution in [0.3, 0.4) is 0 Å². The minimum Gasteiger partial charge on any atom is -0.508 e. The Kier molecular flexibility index (Phi) is 22.7. The summed E-state index contributed by atoms with van der Waals surface area (Å²) < 4.78 is 25.8. The van der Waals surface area contributed by atoms with Crippen molar-refractivity contribution in [1.82, 2.24) is 0 Å². The van der Waals surface area contributed by atoms with Crippen LogP contribution in [0.2, 0.25) is 0 Å². The Balaban J connectivity index is 0.000000301. The molecular formula is C64H90O9. The molecule has 400 valence electrons. The molecule has 1 heterocycles. The van der Waals surface area contributed by atoms with Gasteiger partial charge in [-0.25, -0.2) is 0 Å². The first kappa shape index (κ1) is 62.6. The van der Waals surface area contributed by atoms with Gasteiger partial charge >= 0.3 is 0 Å². The summed E-state index contributed by atoms with van der Waals surface area (Å²) in [4.78, 5) is 0. The van der Waals surface area contributed by atoms with Crippen LogP contribution >= 0.6 is 0 Å². The average Bonchev–Trinajstić information content (AvgIpc) is 3.78. The molecule has 9 heteroatoms. The number of rotatable bonds is 3. The largest absolute Gasteiger partial charge is 0.508 e. The van der Waals surface area contributed by atoms with Crippen LogP contribution in [0, 0.1) is 0 Å². The molecule has 0 bridgehead atoms. The van der Waals surface area contributed by atoms with Crippen molar-refractivity contribution in [1.29, 1.82) is 0 Å². The van der Waals surface area contributed by atoms with Gasteiger partial charge in [-0.15, -0.1) is 0 Å². The van der Waals surface area contributed by atoms with E-state index in [0.717, 1.165) is 28.2 Å². The number of hydrogen-bond acceptors (Lipinski definition) is 9. The highest BCUT2D eigenvalue weighted by molar-refractivity contribution is 5.54. The number of methoxy groups -OCH3 is 3. The third-order valence-electron chi connectivity index (χ3n) is 11.7. The molecule has 0 aliphatic carbocycles. The molecule has 0 saturated heterocycles. The lowest BCUT2D eigenvalue weighted by molar-refractivity contribution is 0.174. The van der Waals surface area contributed by atoms with E-state index in [2.05, 4.69) is 167 Å². The van der Waals surface area contributed by atoms with Crippen LogP contribution in [0.25, 0.3) is 0 Å². The maximum absolute atomic E-state index is 9.73. The maximum atomic E-state index is 9.73. The van der Waals surface area contributed by atoms with Crippen molar-refractivity contribution in [2.45, 2.75) is 157 Å². The Morgan fingerprint density at radius 2 is 0.726 bits per heavy atom. The van der Waals surface area contributed by atoms with Crippen molar-refractivity contribution >= 4 is 0 Å². The molecule has 9 nitrogen and oxygen atoms in total. The summed E-state index contributed by atoms with van der Waals surface area (Å²) in [7, 11) is 4.61. The molecule has 1 aliphatic rings. The van der Waals surface area contributed by atoms with Crippen molar-refractivity contribution in [3.05, 3.63) is 161 Å². The Morgan fingerprint density at radius 1 is 0.342 bits per heavy atom. The topological polar surface area (TPSA) is 127 Å². The van der Waals surface area contributed by atoms with E-state index in [1.165, 1.54) is 30.9 Å². The number of fused-ring (bicyclic) bond motifs is 1. The van der Waals surface area contributed by atoms with E-state index < -0.39 is 0 Å². The van der Waals surface area contributed by atoms with Crippen LogP contribution in [0.15, 0.2) is 127 Å². The first-order chi connectivity index (χ1) is 33.5. The highest BCUT2D eigenvalue weighted by Crippen LogP contribution is 2.41. The molecule has 0 aromatic heterocycles. The Morgan fingerprint density at radius 3 is 1.14 bits per heavy atom. The van der Waals surface area contributed by atoms with Crippen LogP contribution in [0.1, 0.15) is 158 Å². The zero-order chi connectivity index (χ0) is 55.8. The van der Waals surface area contributed by atoms with E-state index in [4.69, 9.17) is 28.8 Å². The molecule has 0 spiro atoms. The number of aromatic hydroxyl groups is 4. The van der Waals surface area contributed by atoms with Crippen molar-refractivity contribution in [3.8, 4) is 51.7 Å². The first-order valence-electron chi connectivity index (χ1n) is 24.9. The van der Waals surface area contributed by atoms with Crippen molar-refractivity contribution in [3.63, 3.8) is 0 Å². The molecule has 6 aromatic rings. The number of phenolic OH excluding ortho intramolecular Hbond substituents is 4. The summed E-state index contributed by atoms with van der Waals surface area (Å²) in [5.41, 5.74) is 7.88. The van der Waals surface area contributed by atoms with Gasteiger partial charge in [-0.1, -0.05) is 197 Å². The zero-order valence-corrected chi connectivity index (χ0v) is 48.2. The fraction of sp³-hybridized carbons (Fsp3) is 0.438. The van der Waals surface area contributed by atoms with Crippen molar-refractivity contribution in [2.24, 2.45) is 0 Å². The summed E-state index contributed by atoms with van der Waals surface area (Å²) in [5, 5.41) is 37.6. The monoisotopic (exact) mass is 1000 g/mol. The van der Waals surface area contributed by atoms with Crippen LogP contribution in [0.4, 0.5) is 0 Å². The lowest BCUT2D eigenvalue weighted by Crippen LogP contribution is -2.11. The molecule has 0 atom stereocenters. The Bertz CT molecular complexity index is 2530. The molecule has 7 rings (SSSR count). The lowest BCUT2D eigenvalue weighted by atomic mass is 9.86. The predicted molar refractivity (Wildman–Crippen MR) is 303 cm³/mol. The van der Waals surface area contributed by atoms with Gasteiger partial charge in [0, 0.05) is 0 Å². The van der Waals surface area contributed by atoms with Gasteiger partial charge in [0.05, 0.1) is 21.3 Å². The Hall–Kier alpha value is -6.48. The Labute approximate surface area is 440 Å². The molecule has 0 saturated carbocycles. The quantitative estimate of drug-likeness (QED) is 0.137. The van der Waals surface area contributed by atoms with Crippen LogP contribution in [-0.4, -0.2) is 48.5 Å². The molecule has 6 aromatic carbocycles. The standard InChI is InChI=1S/C12H18O3.C11H14O2.C11H16O2.2C10H14O.C10H14/c1-12(2,3)8-6-9(14-4)11(13)10(7-8)15-5;1-11(2,3)8-4-5-9-10(6-8)13-7-12-9;1-11(2,3)8-5-6-9(12)10(7-8)13-4;1-10(2,3)8-4-6-9(11)7-5-8;1-10(2,3)8-6-4-5-7-9(8)11;1-10(2,3)9-7-5-4-6-8-9/h6-7,13H,1-5H3;4-6H,7H2,1-3H3;5-7,12H,1-4H3;2*4-7,11H,1-3H3;4-8H,1-3H3. The number of hydrogen-bond donors (Lipinski definition) is 4. The highest BCUT2D eigenvalue weighted by atomic mass is 16.7. The average molecular weight is 1000 g/mol. The summed E-state index contributed by atoms with van der Waals surface area (Å²) in [6.45, 7) is 38.9. The van der Waals surface area contributed by atoms with Gasteiger partial charge < -0.3 is 44.1 Å². The molecule has 0 fully saturated rings. The molecular weight excluding hydrogens is 913 g/mol. The van der Waals surface area contributed by atoms with Crippen LogP contribution in [-0.2, 0) is 32.5 Å². The number of phenols is 4. The van der Waals surface area contributed by atoms with Gasteiger partial charge in [0.2, 0.25) is 12.5 Å². The van der Waals surface area contributed by atoms with E-state index in [9.17, 15) is 15.3 Å². The molecule has 73 heavy (non-hydrogen) atoms. The van der Waals surface area contributed by atoms with Crippen LogP contribution in [0.5, 0.6) is 51.7 Å². The van der Waals surface area contributed by atoms with Gasteiger partial charge in [0.15, 0.2) is 34.5 Å². The lowest BCUT2D eigenvalue weighted by Gasteiger charge is -2.21. The zero-order valence-electron chi connectivity index (χ0n) is 48.2. The third kappa shape index (κ3) is 20.9. The van der Waals surface area contributed by atoms with Crippen LogP contribution < -0.4 is 23.7 Å². The highest BCUT2D eigenvalue weighted by Gasteiger charge is 2.22. The van der Waals surface area contributed by atoms with Gasteiger partial charge in [-0.05, 0) is 120 Å². The van der Waals surface area contributed by atoms with Gasteiger partial charge in [0.25, 0.3) is 0 Å². The van der Waals surface area contributed by atoms with E-state index in [1.54, 1.807) is 31.4 Å². The normalized spacial score (nSPS) is 12.0. The second-order valence-electron chi connectivity index (χ2n) is 24.1. The minimum absolute atomic E-state index is 0.00569. The van der Waals surface area contributed by atoms with Gasteiger partial charge in [-0.3, -0.25) is 0 Å². The van der Waals surface area contributed by atoms with E-state index in [1.807, 2.05) is 60.7 Å². The molecule has 0 amide bonds. The van der Waals surface area contributed by atoms with Crippen molar-refractivity contribution in [2.75, 3.05) is 28.1 Å². The second kappa shape index (κ2) is 26.5. The summed E-state index contributed by atoms with van der Waals surface area (Å²) >= 11 is 0. The fourth-order valence-electron chi connectivity index (χ4n) is 6.84. The predicted octanol–water partition coefficient (Wildman–Crippen LogP) is 16.5. The maximum Gasteiger partial charge on any atom is 0.231 e. The first-order valence-corrected chi connectivity index (χ1v) is 24.9. The molecule has 4 N–H and O–H groups in total. The third-order valence-corrected chi connectivity index (χ3v) is 11.7. The summed E-state index contributed by atoms with van der Waals surface area (Å²) in [6.07, 6.45) is 0. The van der Waals surface area contributed by atoms with Gasteiger partial charge in [-0.2, -0.15) is 0 Å². The van der Waals surface area contributed by atoms with E-state index in [0.29, 0.717) is 41.0 Å². The fourth-order valence-corrected chi connectivity index (χ4v) is 6.84.